The van der Waals surface area contributed by atoms with E-state index in [0.29, 0.717) is 31.5 Å². The van der Waals surface area contributed by atoms with Crippen molar-refractivity contribution in [1.29, 1.82) is 0 Å². The van der Waals surface area contributed by atoms with Gasteiger partial charge in [-0.3, -0.25) is 9.59 Å². The van der Waals surface area contributed by atoms with Gasteiger partial charge in [-0.2, -0.15) is 0 Å². The third-order valence-electron chi connectivity index (χ3n) is 6.22. The first-order valence-electron chi connectivity index (χ1n) is 13.1. The normalized spacial score (nSPS) is 13.6. The number of halogens is 2. The molecular formula is C29H40F2N2O4. The van der Waals surface area contributed by atoms with Crippen molar-refractivity contribution in [2.75, 3.05) is 13.1 Å². The SMILES string of the molecule is CCCC[C@@H](O)[C@H](O)[C@H](Cc1cc(F)cc(F)c1)NC(=O)c1cc(C)cc(C(=O)N(CCC)CCC)c1. The lowest BCUT2D eigenvalue weighted by Crippen LogP contribution is -2.50. The molecule has 0 aliphatic carbocycles. The summed E-state index contributed by atoms with van der Waals surface area (Å²) in [6, 6.07) is 6.87. The summed E-state index contributed by atoms with van der Waals surface area (Å²) in [6.45, 7) is 8.94. The Hall–Kier alpha value is -2.84. The van der Waals surface area contributed by atoms with Gasteiger partial charge in [-0.05, 0) is 74.1 Å². The number of carbonyl (C=O) groups excluding carboxylic acids is 2. The zero-order valence-electron chi connectivity index (χ0n) is 22.3. The standard InChI is InChI=1S/C29H40F2N2O4/c1-5-8-9-26(34)27(35)25(16-20-14-23(30)18-24(31)15-20)32-28(36)21-12-19(4)13-22(17-21)29(37)33(10-6-2)11-7-3/h12-15,17-18,25-27,34-35H,5-11,16H2,1-4H3,(H,32,36)/t25-,26+,27+/m0/s1. The summed E-state index contributed by atoms with van der Waals surface area (Å²) < 4.78 is 27.6. The largest absolute Gasteiger partial charge is 0.390 e. The highest BCUT2D eigenvalue weighted by Gasteiger charge is 2.29. The first-order valence-corrected chi connectivity index (χ1v) is 13.1. The maximum Gasteiger partial charge on any atom is 0.253 e. The van der Waals surface area contributed by atoms with Crippen molar-refractivity contribution >= 4 is 11.8 Å². The first kappa shape index (κ1) is 30.4. The molecule has 3 atom stereocenters. The van der Waals surface area contributed by atoms with Gasteiger partial charge in [-0.15, -0.1) is 0 Å². The maximum atomic E-state index is 13.8. The van der Waals surface area contributed by atoms with Crippen LogP contribution in [0.1, 0.15) is 84.7 Å². The third-order valence-corrected chi connectivity index (χ3v) is 6.22. The van der Waals surface area contributed by atoms with E-state index in [1.165, 1.54) is 6.07 Å². The molecule has 0 aliphatic heterocycles. The van der Waals surface area contributed by atoms with Crippen LogP contribution in [0.4, 0.5) is 8.78 Å². The molecule has 37 heavy (non-hydrogen) atoms. The number of hydrogen-bond acceptors (Lipinski definition) is 4. The molecule has 2 rings (SSSR count). The number of carbonyl (C=O) groups is 2. The average molecular weight is 519 g/mol. The Morgan fingerprint density at radius 2 is 1.49 bits per heavy atom. The molecule has 0 aromatic heterocycles. The predicted molar refractivity (Wildman–Crippen MR) is 141 cm³/mol. The zero-order valence-corrected chi connectivity index (χ0v) is 22.3. The van der Waals surface area contributed by atoms with Crippen molar-refractivity contribution in [3.63, 3.8) is 0 Å². The van der Waals surface area contributed by atoms with Gasteiger partial charge in [-0.25, -0.2) is 8.78 Å². The summed E-state index contributed by atoms with van der Waals surface area (Å²) in [7, 11) is 0. The highest BCUT2D eigenvalue weighted by molar-refractivity contribution is 6.00. The van der Waals surface area contributed by atoms with Gasteiger partial charge < -0.3 is 20.4 Å². The van der Waals surface area contributed by atoms with Gasteiger partial charge in [0.25, 0.3) is 11.8 Å². The molecule has 2 amide bonds. The first-order chi connectivity index (χ1) is 17.6. The van der Waals surface area contributed by atoms with E-state index in [9.17, 15) is 28.6 Å². The molecule has 0 spiro atoms. The van der Waals surface area contributed by atoms with E-state index in [0.717, 1.165) is 43.0 Å². The molecule has 8 heteroatoms. The van der Waals surface area contributed by atoms with Crippen LogP contribution in [0.15, 0.2) is 36.4 Å². The molecule has 2 aromatic carbocycles. The molecule has 204 valence electrons. The molecule has 0 heterocycles. The lowest BCUT2D eigenvalue weighted by Gasteiger charge is -2.28. The minimum Gasteiger partial charge on any atom is -0.390 e. The highest BCUT2D eigenvalue weighted by atomic mass is 19.1. The molecule has 0 unspecified atom stereocenters. The van der Waals surface area contributed by atoms with Crippen LogP contribution in [0.5, 0.6) is 0 Å². The van der Waals surface area contributed by atoms with Crippen LogP contribution in [0, 0.1) is 18.6 Å². The number of nitrogens with zero attached hydrogens (tertiary/aromatic N) is 1. The number of aryl methyl sites for hydroxylation is 1. The number of aliphatic hydroxyl groups is 2. The Bertz CT molecular complexity index is 1020. The van der Waals surface area contributed by atoms with Gasteiger partial charge in [0.2, 0.25) is 0 Å². The minimum absolute atomic E-state index is 0.0941. The van der Waals surface area contributed by atoms with E-state index >= 15 is 0 Å². The molecule has 0 saturated carbocycles. The van der Waals surface area contributed by atoms with Crippen LogP contribution >= 0.6 is 0 Å². The Kier molecular flexibility index (Phi) is 12.1. The monoisotopic (exact) mass is 518 g/mol. The fourth-order valence-corrected chi connectivity index (χ4v) is 4.42. The minimum atomic E-state index is -1.36. The van der Waals surface area contributed by atoms with Gasteiger partial charge in [0.05, 0.1) is 12.1 Å². The number of unbranched alkanes of at least 4 members (excludes halogenated alkanes) is 1. The second-order valence-electron chi connectivity index (χ2n) is 9.64. The van der Waals surface area contributed by atoms with Crippen molar-refractivity contribution in [3.8, 4) is 0 Å². The average Bonchev–Trinajstić information content (AvgIpc) is 2.84. The number of rotatable bonds is 14. The fourth-order valence-electron chi connectivity index (χ4n) is 4.42. The molecule has 3 N–H and O–H groups in total. The summed E-state index contributed by atoms with van der Waals surface area (Å²) in [5.74, 6) is -2.26. The molecule has 0 fully saturated rings. The van der Waals surface area contributed by atoms with E-state index < -0.39 is 35.8 Å². The zero-order chi connectivity index (χ0) is 27.5. The summed E-state index contributed by atoms with van der Waals surface area (Å²) in [4.78, 5) is 28.2. The Labute approximate surface area is 218 Å². The van der Waals surface area contributed by atoms with Crippen LogP contribution < -0.4 is 5.32 Å². The van der Waals surface area contributed by atoms with Crippen LogP contribution in [0.25, 0.3) is 0 Å². The quantitative estimate of drug-likeness (QED) is 0.336. The van der Waals surface area contributed by atoms with Gasteiger partial charge in [0, 0.05) is 30.3 Å². The maximum absolute atomic E-state index is 13.8. The van der Waals surface area contributed by atoms with E-state index in [-0.39, 0.29) is 23.5 Å². The number of hydrogen-bond donors (Lipinski definition) is 3. The molecule has 2 aromatic rings. The summed E-state index contributed by atoms with van der Waals surface area (Å²) >= 11 is 0. The summed E-state index contributed by atoms with van der Waals surface area (Å²) in [6.07, 6.45) is 0.828. The lowest BCUT2D eigenvalue weighted by atomic mass is 9.94. The van der Waals surface area contributed by atoms with Gasteiger partial charge in [0.1, 0.15) is 17.7 Å². The van der Waals surface area contributed by atoms with Crippen LogP contribution in [-0.2, 0) is 6.42 Å². The molecule has 0 bridgehead atoms. The Morgan fingerprint density at radius 1 is 0.892 bits per heavy atom. The van der Waals surface area contributed by atoms with Crippen molar-refractivity contribution in [3.05, 3.63) is 70.3 Å². The van der Waals surface area contributed by atoms with Crippen LogP contribution in [0.2, 0.25) is 0 Å². The molecule has 0 saturated heterocycles. The highest BCUT2D eigenvalue weighted by Crippen LogP contribution is 2.18. The van der Waals surface area contributed by atoms with E-state index in [1.54, 1.807) is 24.0 Å². The van der Waals surface area contributed by atoms with Crippen molar-refractivity contribution in [2.24, 2.45) is 0 Å². The van der Waals surface area contributed by atoms with E-state index in [1.807, 2.05) is 20.8 Å². The van der Waals surface area contributed by atoms with E-state index in [4.69, 9.17) is 0 Å². The van der Waals surface area contributed by atoms with Crippen LogP contribution in [0.3, 0.4) is 0 Å². The van der Waals surface area contributed by atoms with Crippen molar-refractivity contribution in [2.45, 2.75) is 84.5 Å². The van der Waals surface area contributed by atoms with Crippen LogP contribution in [-0.4, -0.2) is 58.3 Å². The lowest BCUT2D eigenvalue weighted by molar-refractivity contribution is -0.00815. The molecule has 6 nitrogen and oxygen atoms in total. The van der Waals surface area contributed by atoms with Gasteiger partial charge in [-0.1, -0.05) is 33.6 Å². The molecular weight excluding hydrogens is 478 g/mol. The predicted octanol–water partition coefficient (Wildman–Crippen LogP) is 4.79. The second-order valence-corrected chi connectivity index (χ2v) is 9.64. The number of aliphatic hydroxyl groups excluding tert-OH is 2. The summed E-state index contributed by atoms with van der Waals surface area (Å²) in [5.41, 5.74) is 1.57. The van der Waals surface area contributed by atoms with Gasteiger partial charge in [0.15, 0.2) is 0 Å². The van der Waals surface area contributed by atoms with Crippen molar-refractivity contribution in [1.82, 2.24) is 10.2 Å². The third kappa shape index (κ3) is 9.20. The van der Waals surface area contributed by atoms with E-state index in [2.05, 4.69) is 5.32 Å². The fraction of sp³-hybridized carbons (Fsp3) is 0.517. The summed E-state index contributed by atoms with van der Waals surface area (Å²) in [5, 5.41) is 24.1. The topological polar surface area (TPSA) is 89.9 Å². The smallest absolute Gasteiger partial charge is 0.253 e. The second kappa shape index (κ2) is 14.8. The Balaban J connectivity index is 2.34. The van der Waals surface area contributed by atoms with Gasteiger partial charge >= 0.3 is 0 Å². The molecule has 0 radical (unpaired) electrons. The number of amides is 2. The molecule has 0 aliphatic rings. The number of benzene rings is 2. The van der Waals surface area contributed by atoms with Crippen molar-refractivity contribution < 1.29 is 28.6 Å². The number of nitrogens with one attached hydrogen (secondary N) is 1. The Morgan fingerprint density at radius 3 is 2.05 bits per heavy atom.